The van der Waals surface area contributed by atoms with Gasteiger partial charge in [-0.25, -0.2) is 0 Å². The largest absolute Gasteiger partial charge is 0.496 e. The average Bonchev–Trinajstić information content (AvgIpc) is 2.94. The highest BCUT2D eigenvalue weighted by Gasteiger charge is 2.46. The number of benzene rings is 1. The average molecular weight is 328 g/mol. The van der Waals surface area contributed by atoms with Crippen LogP contribution in [-0.2, 0) is 6.18 Å². The molecule has 3 atom stereocenters. The molecule has 1 spiro atoms. The summed E-state index contributed by atoms with van der Waals surface area (Å²) < 4.78 is 44.4. The van der Waals surface area contributed by atoms with Crippen molar-refractivity contribution in [3.8, 4) is 5.75 Å². The van der Waals surface area contributed by atoms with Gasteiger partial charge in [0, 0.05) is 0 Å². The molecule has 2 fully saturated rings. The zero-order valence-corrected chi connectivity index (χ0v) is 13.3. The summed E-state index contributed by atoms with van der Waals surface area (Å²) in [6.45, 7) is 0. The molecule has 23 heavy (non-hydrogen) atoms. The number of aliphatic hydroxyl groups is 1. The Bertz CT molecular complexity index is 570. The van der Waals surface area contributed by atoms with Gasteiger partial charge in [0.05, 0.1) is 18.8 Å². The molecule has 0 saturated heterocycles. The van der Waals surface area contributed by atoms with Crippen LogP contribution in [0.3, 0.4) is 0 Å². The summed E-state index contributed by atoms with van der Waals surface area (Å²) in [4.78, 5) is 0. The van der Waals surface area contributed by atoms with Crippen molar-refractivity contribution in [3.05, 3.63) is 29.3 Å². The molecule has 2 aliphatic carbocycles. The molecule has 0 bridgehead atoms. The third-order valence-electron chi connectivity index (χ3n) is 5.75. The summed E-state index contributed by atoms with van der Waals surface area (Å²) in [6, 6.07) is 3.72. The zero-order chi connectivity index (χ0) is 16.7. The molecular weight excluding hydrogens is 305 g/mol. The highest BCUT2D eigenvalue weighted by Crippen LogP contribution is 2.55. The van der Waals surface area contributed by atoms with Crippen LogP contribution in [0.25, 0.3) is 0 Å². The summed E-state index contributed by atoms with van der Waals surface area (Å²) in [7, 11) is 1.49. The van der Waals surface area contributed by atoms with Crippen molar-refractivity contribution in [1.29, 1.82) is 0 Å². The standard InChI is InChI=1S/C18H23F3O2/c1-23-15-6-5-13(18(19,20)21)10-14(15)12-7-9-17(11-12)8-3-2-4-16(17)22/h5-6,10,12,16,22H,2-4,7-9,11H2,1H3. The van der Waals surface area contributed by atoms with Gasteiger partial charge in [-0.3, -0.25) is 0 Å². The van der Waals surface area contributed by atoms with E-state index in [0.717, 1.165) is 51.0 Å². The topological polar surface area (TPSA) is 29.5 Å². The first-order valence-corrected chi connectivity index (χ1v) is 8.29. The van der Waals surface area contributed by atoms with Crippen LogP contribution in [-0.4, -0.2) is 18.3 Å². The molecule has 0 radical (unpaired) electrons. The molecule has 1 aromatic rings. The maximum absolute atomic E-state index is 13.0. The highest BCUT2D eigenvalue weighted by molar-refractivity contribution is 5.41. The fourth-order valence-corrected chi connectivity index (χ4v) is 4.47. The van der Waals surface area contributed by atoms with Gasteiger partial charge >= 0.3 is 6.18 Å². The Morgan fingerprint density at radius 2 is 1.96 bits per heavy atom. The smallest absolute Gasteiger partial charge is 0.416 e. The molecule has 3 rings (SSSR count). The van der Waals surface area contributed by atoms with E-state index in [0.29, 0.717) is 11.3 Å². The van der Waals surface area contributed by atoms with Crippen LogP contribution in [0.5, 0.6) is 5.75 Å². The van der Waals surface area contributed by atoms with Gasteiger partial charge in [0.2, 0.25) is 0 Å². The quantitative estimate of drug-likeness (QED) is 0.836. The van der Waals surface area contributed by atoms with Crippen LogP contribution in [0.15, 0.2) is 18.2 Å². The SMILES string of the molecule is COc1ccc(C(F)(F)F)cc1C1CCC2(CCCCC2O)C1. The van der Waals surface area contributed by atoms with Crippen molar-refractivity contribution in [2.24, 2.45) is 5.41 Å². The molecule has 2 saturated carbocycles. The number of rotatable bonds is 2. The van der Waals surface area contributed by atoms with Crippen LogP contribution in [0, 0.1) is 5.41 Å². The van der Waals surface area contributed by atoms with Crippen molar-refractivity contribution in [1.82, 2.24) is 0 Å². The second kappa shape index (κ2) is 6.00. The lowest BCUT2D eigenvalue weighted by Crippen LogP contribution is -2.35. The first-order valence-electron chi connectivity index (χ1n) is 8.29. The van der Waals surface area contributed by atoms with Gasteiger partial charge in [0.25, 0.3) is 0 Å². The Labute approximate surface area is 134 Å². The molecule has 1 aromatic carbocycles. The predicted octanol–water partition coefficient (Wildman–Crippen LogP) is 4.90. The fraction of sp³-hybridized carbons (Fsp3) is 0.667. The van der Waals surface area contributed by atoms with E-state index in [1.807, 2.05) is 0 Å². The molecule has 0 aromatic heterocycles. The molecular formula is C18H23F3O2. The molecule has 1 N–H and O–H groups in total. The molecule has 3 unspecified atom stereocenters. The molecule has 0 heterocycles. The van der Waals surface area contributed by atoms with E-state index >= 15 is 0 Å². The zero-order valence-electron chi connectivity index (χ0n) is 13.3. The summed E-state index contributed by atoms with van der Waals surface area (Å²) in [5.41, 5.74) is -0.0993. The summed E-state index contributed by atoms with van der Waals surface area (Å²) in [6.07, 6.45) is 1.72. The van der Waals surface area contributed by atoms with Crippen LogP contribution < -0.4 is 4.74 Å². The van der Waals surface area contributed by atoms with E-state index in [4.69, 9.17) is 4.74 Å². The Hall–Kier alpha value is -1.23. The third kappa shape index (κ3) is 3.08. The van der Waals surface area contributed by atoms with Gasteiger partial charge < -0.3 is 9.84 Å². The van der Waals surface area contributed by atoms with Crippen LogP contribution in [0.2, 0.25) is 0 Å². The molecule has 0 amide bonds. The predicted molar refractivity (Wildman–Crippen MR) is 81.5 cm³/mol. The summed E-state index contributed by atoms with van der Waals surface area (Å²) in [5.74, 6) is 0.547. The maximum Gasteiger partial charge on any atom is 0.416 e. The third-order valence-corrected chi connectivity index (χ3v) is 5.75. The number of halogens is 3. The first-order chi connectivity index (χ1) is 10.9. The number of aliphatic hydroxyl groups excluding tert-OH is 1. The highest BCUT2D eigenvalue weighted by atomic mass is 19.4. The number of alkyl halides is 3. The van der Waals surface area contributed by atoms with Crippen LogP contribution >= 0.6 is 0 Å². The number of hydrogen-bond acceptors (Lipinski definition) is 2. The first kappa shape index (κ1) is 16.6. The molecule has 2 nitrogen and oxygen atoms in total. The molecule has 128 valence electrons. The summed E-state index contributed by atoms with van der Waals surface area (Å²) >= 11 is 0. The molecule has 2 aliphatic rings. The maximum atomic E-state index is 13.0. The minimum Gasteiger partial charge on any atom is -0.496 e. The Morgan fingerprint density at radius 1 is 1.17 bits per heavy atom. The number of ether oxygens (including phenoxy) is 1. The van der Waals surface area contributed by atoms with E-state index in [-0.39, 0.29) is 17.4 Å². The fourth-order valence-electron chi connectivity index (χ4n) is 4.47. The van der Waals surface area contributed by atoms with E-state index in [9.17, 15) is 18.3 Å². The minimum absolute atomic E-state index is 0.0278. The second-order valence-electron chi connectivity index (χ2n) is 7.02. The van der Waals surface area contributed by atoms with Gasteiger partial charge in [0.15, 0.2) is 0 Å². The van der Waals surface area contributed by atoms with Crippen molar-refractivity contribution in [2.45, 2.75) is 63.1 Å². The van der Waals surface area contributed by atoms with Gasteiger partial charge in [-0.2, -0.15) is 13.2 Å². The van der Waals surface area contributed by atoms with Crippen molar-refractivity contribution in [3.63, 3.8) is 0 Å². The molecule has 0 aliphatic heterocycles. The van der Waals surface area contributed by atoms with Crippen LogP contribution in [0.4, 0.5) is 13.2 Å². The lowest BCUT2D eigenvalue weighted by Gasteiger charge is -2.38. The molecule has 5 heteroatoms. The lowest BCUT2D eigenvalue weighted by molar-refractivity contribution is -0.137. The van der Waals surface area contributed by atoms with E-state index < -0.39 is 11.7 Å². The van der Waals surface area contributed by atoms with Crippen molar-refractivity contribution >= 4 is 0 Å². The van der Waals surface area contributed by atoms with Crippen molar-refractivity contribution < 1.29 is 23.0 Å². The summed E-state index contributed by atoms with van der Waals surface area (Å²) in [5, 5.41) is 10.4. The second-order valence-corrected chi connectivity index (χ2v) is 7.02. The van der Waals surface area contributed by atoms with Crippen molar-refractivity contribution in [2.75, 3.05) is 7.11 Å². The number of methoxy groups -OCH3 is 1. The van der Waals surface area contributed by atoms with Gasteiger partial charge in [-0.15, -0.1) is 0 Å². The Morgan fingerprint density at radius 3 is 2.61 bits per heavy atom. The van der Waals surface area contributed by atoms with Gasteiger partial charge in [-0.1, -0.05) is 12.8 Å². The normalized spacial score (nSPS) is 31.5. The van der Waals surface area contributed by atoms with E-state index in [1.54, 1.807) is 0 Å². The minimum atomic E-state index is -4.35. The Kier molecular flexibility index (Phi) is 4.34. The van der Waals surface area contributed by atoms with E-state index in [1.165, 1.54) is 19.2 Å². The monoisotopic (exact) mass is 328 g/mol. The van der Waals surface area contributed by atoms with Gasteiger partial charge in [0.1, 0.15) is 5.75 Å². The lowest BCUT2D eigenvalue weighted by atomic mass is 9.70. The number of hydrogen-bond donors (Lipinski definition) is 1. The van der Waals surface area contributed by atoms with Crippen LogP contribution in [0.1, 0.15) is 62.0 Å². The Balaban J connectivity index is 1.89. The van der Waals surface area contributed by atoms with E-state index in [2.05, 4.69) is 0 Å². The van der Waals surface area contributed by atoms with Gasteiger partial charge in [-0.05, 0) is 67.2 Å².